The number of aliphatic hydroxyl groups excluding tert-OH is 1. The van der Waals surface area contributed by atoms with Gasteiger partial charge in [-0.3, -0.25) is 9.35 Å². The third-order valence-electron chi connectivity index (χ3n) is 8.08. The fourth-order valence-corrected chi connectivity index (χ4v) is 5.95. The van der Waals surface area contributed by atoms with Gasteiger partial charge in [0.1, 0.15) is 0 Å². The van der Waals surface area contributed by atoms with Gasteiger partial charge in [0, 0.05) is 6.42 Å². The molecule has 0 aromatic heterocycles. The number of carbonyl (C=O) groups excluding carboxylic acids is 1. The molecule has 0 heterocycles. The molecule has 0 saturated carbocycles. The van der Waals surface area contributed by atoms with E-state index < -0.39 is 28.0 Å². The molecule has 0 radical (unpaired) electrons. The van der Waals surface area contributed by atoms with Crippen LogP contribution in [0, 0.1) is 0 Å². The van der Waals surface area contributed by atoms with Gasteiger partial charge in [-0.1, -0.05) is 163 Å². The van der Waals surface area contributed by atoms with Gasteiger partial charge in [-0.05, 0) is 70.6 Å². The van der Waals surface area contributed by atoms with E-state index in [1.165, 1.54) is 63.9 Å². The van der Waals surface area contributed by atoms with E-state index in [9.17, 15) is 22.9 Å². The zero-order valence-electron chi connectivity index (χ0n) is 31.0. The molecule has 280 valence electrons. The second kappa shape index (κ2) is 35.3. The van der Waals surface area contributed by atoms with Crippen molar-refractivity contribution in [3.05, 3.63) is 85.1 Å². The number of rotatable bonds is 33. The van der Waals surface area contributed by atoms with Crippen LogP contribution in [0.2, 0.25) is 0 Å². The Bertz CT molecular complexity index is 1080. The lowest BCUT2D eigenvalue weighted by Crippen LogP contribution is -2.46. The SMILES string of the molecule is CC/C=C\C/C=C\C/C=C\C/C=C\C/C=C\C/C=C\CCCCC(=O)NC(CS(=O)(=O)O)C(O)/C=C/CCCCCCCCCCCCC. The first-order chi connectivity index (χ1) is 23.8. The Morgan fingerprint density at radius 3 is 1.45 bits per heavy atom. The topological polar surface area (TPSA) is 104 Å². The van der Waals surface area contributed by atoms with Crippen molar-refractivity contribution in [3.8, 4) is 0 Å². The number of nitrogens with one attached hydrogen (secondary N) is 1. The molecule has 6 nitrogen and oxygen atoms in total. The molecular weight excluding hydrogens is 631 g/mol. The predicted octanol–water partition coefficient (Wildman–Crippen LogP) is 11.2. The molecule has 0 aliphatic rings. The van der Waals surface area contributed by atoms with Crippen molar-refractivity contribution in [1.82, 2.24) is 5.32 Å². The van der Waals surface area contributed by atoms with Crippen LogP contribution in [0.3, 0.4) is 0 Å². The minimum absolute atomic E-state index is 0.236. The highest BCUT2D eigenvalue weighted by Crippen LogP contribution is 2.12. The van der Waals surface area contributed by atoms with Crippen molar-refractivity contribution in [2.75, 3.05) is 5.75 Å². The molecule has 2 atom stereocenters. The lowest BCUT2D eigenvalue weighted by atomic mass is 10.0. The number of allylic oxidation sites excluding steroid dienone is 13. The van der Waals surface area contributed by atoms with E-state index in [1.807, 2.05) is 6.08 Å². The molecule has 0 aromatic rings. The Morgan fingerprint density at radius 2 is 0.980 bits per heavy atom. The first-order valence-corrected chi connectivity index (χ1v) is 20.9. The summed E-state index contributed by atoms with van der Waals surface area (Å²) in [7, 11) is -4.36. The smallest absolute Gasteiger partial charge is 0.267 e. The minimum atomic E-state index is -4.36. The molecule has 2 unspecified atom stereocenters. The lowest BCUT2D eigenvalue weighted by molar-refractivity contribution is -0.122. The van der Waals surface area contributed by atoms with Gasteiger partial charge >= 0.3 is 0 Å². The highest BCUT2D eigenvalue weighted by Gasteiger charge is 2.24. The first-order valence-electron chi connectivity index (χ1n) is 19.3. The van der Waals surface area contributed by atoms with E-state index in [-0.39, 0.29) is 12.3 Å². The summed E-state index contributed by atoms with van der Waals surface area (Å²) in [5.41, 5.74) is 0. The largest absolute Gasteiger partial charge is 0.387 e. The third kappa shape index (κ3) is 36.6. The molecule has 1 amide bonds. The van der Waals surface area contributed by atoms with E-state index in [0.717, 1.165) is 70.6 Å². The second-order valence-corrected chi connectivity index (χ2v) is 14.3. The molecule has 49 heavy (non-hydrogen) atoms. The van der Waals surface area contributed by atoms with Crippen molar-refractivity contribution >= 4 is 16.0 Å². The number of aliphatic hydroxyl groups is 1. The van der Waals surface area contributed by atoms with Gasteiger partial charge in [0.05, 0.1) is 17.9 Å². The molecule has 0 fully saturated rings. The van der Waals surface area contributed by atoms with Gasteiger partial charge in [0.25, 0.3) is 10.1 Å². The van der Waals surface area contributed by atoms with Crippen LogP contribution in [0.25, 0.3) is 0 Å². The van der Waals surface area contributed by atoms with E-state index in [2.05, 4.69) is 92.1 Å². The zero-order valence-corrected chi connectivity index (χ0v) is 31.8. The van der Waals surface area contributed by atoms with Gasteiger partial charge in [0.2, 0.25) is 5.91 Å². The first kappa shape index (κ1) is 46.5. The van der Waals surface area contributed by atoms with Gasteiger partial charge in [0.15, 0.2) is 0 Å². The van der Waals surface area contributed by atoms with Crippen molar-refractivity contribution in [2.24, 2.45) is 0 Å². The number of hydrogen-bond acceptors (Lipinski definition) is 4. The van der Waals surface area contributed by atoms with Crippen LogP contribution in [0.4, 0.5) is 0 Å². The standard InChI is InChI=1S/C42H71NO5S/c1-3-5-7-9-11-13-15-17-18-19-20-21-22-23-24-26-28-30-32-34-36-38-42(45)43-40(39-49(46,47)48)41(44)37-35-33-31-29-27-25-16-14-12-10-8-6-4-2/h5,7,11,13,17-18,20-21,23-24,28,30,35,37,40-41,44H,3-4,6,8-10,12,14-16,19,22,25-27,29,31-34,36,38-39H2,1-2H3,(H,43,45)(H,46,47,48)/b7-5-,13-11-,18-17-,21-20-,24-23-,30-28-,37-35+. The molecule has 7 heteroatoms. The van der Waals surface area contributed by atoms with Crippen molar-refractivity contribution < 1.29 is 22.9 Å². The van der Waals surface area contributed by atoms with E-state index in [1.54, 1.807) is 0 Å². The maximum absolute atomic E-state index is 12.5. The summed E-state index contributed by atoms with van der Waals surface area (Å²) in [6, 6.07) is -1.08. The maximum atomic E-state index is 12.5. The molecule has 0 aliphatic heterocycles. The molecule has 0 aliphatic carbocycles. The van der Waals surface area contributed by atoms with Crippen LogP contribution >= 0.6 is 0 Å². The summed E-state index contributed by atoms with van der Waals surface area (Å²) in [5.74, 6) is -1.05. The minimum Gasteiger partial charge on any atom is -0.387 e. The summed E-state index contributed by atoms with van der Waals surface area (Å²) in [5, 5.41) is 13.2. The summed E-state index contributed by atoms with van der Waals surface area (Å²) in [6.45, 7) is 4.38. The number of carbonyl (C=O) groups is 1. The van der Waals surface area contributed by atoms with Gasteiger partial charge in [-0.15, -0.1) is 0 Å². The Hall–Kier alpha value is -2.48. The number of amides is 1. The Balaban J connectivity index is 4.09. The van der Waals surface area contributed by atoms with Crippen LogP contribution in [0.15, 0.2) is 85.1 Å². The highest BCUT2D eigenvalue weighted by atomic mass is 32.2. The normalized spacial score (nSPS) is 14.3. The van der Waals surface area contributed by atoms with Gasteiger partial charge in [-0.25, -0.2) is 0 Å². The molecular formula is C42H71NO5S. The fraction of sp³-hybridized carbons (Fsp3) is 0.643. The Kier molecular flexibility index (Phi) is 33.6. The predicted molar refractivity (Wildman–Crippen MR) is 211 cm³/mol. The quantitative estimate of drug-likeness (QED) is 0.0359. The van der Waals surface area contributed by atoms with Crippen LogP contribution in [-0.4, -0.2) is 41.9 Å². The molecule has 3 N–H and O–H groups in total. The monoisotopic (exact) mass is 702 g/mol. The van der Waals surface area contributed by atoms with Gasteiger partial charge in [-0.2, -0.15) is 8.42 Å². The maximum Gasteiger partial charge on any atom is 0.267 e. The van der Waals surface area contributed by atoms with Crippen molar-refractivity contribution in [2.45, 2.75) is 167 Å². The summed E-state index contributed by atoms with van der Waals surface area (Å²) < 4.78 is 32.4. The zero-order chi connectivity index (χ0) is 36.1. The Morgan fingerprint density at radius 1 is 0.571 bits per heavy atom. The highest BCUT2D eigenvalue weighted by molar-refractivity contribution is 7.85. The van der Waals surface area contributed by atoms with E-state index in [4.69, 9.17) is 0 Å². The third-order valence-corrected chi connectivity index (χ3v) is 8.86. The van der Waals surface area contributed by atoms with E-state index >= 15 is 0 Å². The molecule has 0 aromatic carbocycles. The van der Waals surface area contributed by atoms with Crippen LogP contribution in [-0.2, 0) is 14.9 Å². The van der Waals surface area contributed by atoms with Gasteiger partial charge < -0.3 is 10.4 Å². The Labute approximate surface area is 301 Å². The molecule has 0 spiro atoms. The van der Waals surface area contributed by atoms with Crippen molar-refractivity contribution in [1.29, 1.82) is 0 Å². The number of unbranched alkanes of at least 4 members (excludes halogenated alkanes) is 13. The summed E-state index contributed by atoms with van der Waals surface area (Å²) in [6.07, 6.45) is 51.3. The molecule has 0 saturated heterocycles. The van der Waals surface area contributed by atoms with E-state index in [0.29, 0.717) is 6.42 Å². The second-order valence-electron chi connectivity index (χ2n) is 12.8. The van der Waals surface area contributed by atoms with Crippen LogP contribution in [0.5, 0.6) is 0 Å². The van der Waals surface area contributed by atoms with Crippen LogP contribution < -0.4 is 5.32 Å². The van der Waals surface area contributed by atoms with Crippen LogP contribution in [0.1, 0.15) is 155 Å². The summed E-state index contributed by atoms with van der Waals surface area (Å²) in [4.78, 5) is 12.5. The molecule has 0 bridgehead atoms. The fourth-order valence-electron chi connectivity index (χ4n) is 5.22. The lowest BCUT2D eigenvalue weighted by Gasteiger charge is -2.21. The average Bonchev–Trinajstić information content (AvgIpc) is 3.06. The average molecular weight is 702 g/mol. The summed E-state index contributed by atoms with van der Waals surface area (Å²) >= 11 is 0. The van der Waals surface area contributed by atoms with Crippen molar-refractivity contribution in [3.63, 3.8) is 0 Å². The number of hydrogen-bond donors (Lipinski definition) is 3. The molecule has 0 rings (SSSR count).